The number of methoxy groups -OCH3 is 1. The summed E-state index contributed by atoms with van der Waals surface area (Å²) in [6.07, 6.45) is 0.632. The standard InChI is InChI=1S/C23H21NO4/c1-3-22(26)28-20-11-9-15(12-21(20)27-2)18-13-19(25)23-16-7-5-4-6-14(16)8-10-17(23)24-18/h4-12,18,24H,3,13H2,1-2H3/t18-/m1/s1. The number of rotatable bonds is 4. The van der Waals surface area contributed by atoms with Crippen LogP contribution in [0.1, 0.15) is 41.7 Å². The Balaban J connectivity index is 1.67. The number of fused-ring (bicyclic) bond motifs is 3. The van der Waals surface area contributed by atoms with Crippen molar-refractivity contribution in [2.75, 3.05) is 12.4 Å². The number of esters is 1. The molecule has 1 aliphatic rings. The monoisotopic (exact) mass is 375 g/mol. The Morgan fingerprint density at radius 3 is 2.71 bits per heavy atom. The maximum absolute atomic E-state index is 12.9. The summed E-state index contributed by atoms with van der Waals surface area (Å²) in [6, 6.07) is 17.1. The van der Waals surface area contributed by atoms with Crippen LogP contribution in [0.3, 0.4) is 0 Å². The summed E-state index contributed by atoms with van der Waals surface area (Å²) in [5.74, 6) is 0.637. The third kappa shape index (κ3) is 3.20. The first-order valence-corrected chi connectivity index (χ1v) is 9.30. The zero-order valence-corrected chi connectivity index (χ0v) is 15.8. The van der Waals surface area contributed by atoms with E-state index in [1.165, 1.54) is 7.11 Å². The number of hydrogen-bond donors (Lipinski definition) is 1. The van der Waals surface area contributed by atoms with Gasteiger partial charge in [0, 0.05) is 24.1 Å². The molecule has 0 aromatic heterocycles. The lowest BCUT2D eigenvalue weighted by Crippen LogP contribution is -2.23. The van der Waals surface area contributed by atoms with Crippen LogP contribution in [0.5, 0.6) is 11.5 Å². The van der Waals surface area contributed by atoms with E-state index in [9.17, 15) is 9.59 Å². The third-order valence-electron chi connectivity index (χ3n) is 5.03. The van der Waals surface area contributed by atoms with Gasteiger partial charge in [0.15, 0.2) is 17.3 Å². The topological polar surface area (TPSA) is 64.6 Å². The molecule has 0 fully saturated rings. The van der Waals surface area contributed by atoms with Gasteiger partial charge in [0.1, 0.15) is 0 Å². The molecule has 0 unspecified atom stereocenters. The molecule has 0 aliphatic carbocycles. The normalized spacial score (nSPS) is 15.6. The van der Waals surface area contributed by atoms with Gasteiger partial charge in [-0.15, -0.1) is 0 Å². The molecular weight excluding hydrogens is 354 g/mol. The summed E-state index contributed by atoms with van der Waals surface area (Å²) < 4.78 is 10.7. The summed E-state index contributed by atoms with van der Waals surface area (Å²) in [5.41, 5.74) is 2.48. The molecule has 0 saturated heterocycles. The zero-order chi connectivity index (χ0) is 19.7. The molecule has 1 atom stereocenters. The lowest BCUT2D eigenvalue weighted by molar-refractivity contribution is -0.134. The van der Waals surface area contributed by atoms with Crippen molar-refractivity contribution in [2.24, 2.45) is 0 Å². The van der Waals surface area contributed by atoms with E-state index in [4.69, 9.17) is 9.47 Å². The van der Waals surface area contributed by atoms with Crippen molar-refractivity contribution in [3.8, 4) is 11.5 Å². The van der Waals surface area contributed by atoms with Gasteiger partial charge in [-0.2, -0.15) is 0 Å². The molecule has 3 aromatic rings. The number of hydrogen-bond acceptors (Lipinski definition) is 5. The maximum Gasteiger partial charge on any atom is 0.311 e. The third-order valence-corrected chi connectivity index (χ3v) is 5.03. The van der Waals surface area contributed by atoms with Crippen molar-refractivity contribution in [3.05, 3.63) is 65.7 Å². The Kier molecular flexibility index (Phi) is 4.74. The average Bonchev–Trinajstić information content (AvgIpc) is 2.73. The van der Waals surface area contributed by atoms with E-state index < -0.39 is 0 Å². The fourth-order valence-electron chi connectivity index (χ4n) is 3.60. The van der Waals surface area contributed by atoms with Crippen LogP contribution in [0.15, 0.2) is 54.6 Å². The van der Waals surface area contributed by atoms with Crippen LogP contribution < -0.4 is 14.8 Å². The molecule has 5 heteroatoms. The molecule has 4 rings (SSSR count). The Morgan fingerprint density at radius 1 is 1.11 bits per heavy atom. The first kappa shape index (κ1) is 18.0. The number of carbonyl (C=O) groups excluding carboxylic acids is 2. The SMILES string of the molecule is CCC(=O)Oc1ccc([C@H]2CC(=O)c3c(ccc4ccccc34)N2)cc1OC. The molecule has 1 heterocycles. The molecule has 0 spiro atoms. The minimum atomic E-state index is -0.321. The minimum Gasteiger partial charge on any atom is -0.493 e. The lowest BCUT2D eigenvalue weighted by atomic mass is 9.89. The highest BCUT2D eigenvalue weighted by Gasteiger charge is 2.28. The van der Waals surface area contributed by atoms with Gasteiger partial charge in [-0.1, -0.05) is 43.3 Å². The molecule has 0 saturated carbocycles. The number of anilines is 1. The van der Waals surface area contributed by atoms with Crippen LogP contribution in [0, 0.1) is 0 Å². The Labute approximate surface area is 163 Å². The smallest absolute Gasteiger partial charge is 0.311 e. The fraction of sp³-hybridized carbons (Fsp3) is 0.217. The number of ketones is 1. The highest BCUT2D eigenvalue weighted by molar-refractivity contribution is 6.14. The highest BCUT2D eigenvalue weighted by Crippen LogP contribution is 2.39. The highest BCUT2D eigenvalue weighted by atomic mass is 16.6. The molecule has 142 valence electrons. The molecule has 0 radical (unpaired) electrons. The number of carbonyl (C=O) groups is 2. The molecule has 3 aromatic carbocycles. The number of ether oxygens (including phenoxy) is 2. The first-order chi connectivity index (χ1) is 13.6. The van der Waals surface area contributed by atoms with Gasteiger partial charge in [-0.05, 0) is 34.5 Å². The van der Waals surface area contributed by atoms with E-state index in [0.717, 1.165) is 27.6 Å². The first-order valence-electron chi connectivity index (χ1n) is 9.30. The van der Waals surface area contributed by atoms with Crippen molar-refractivity contribution < 1.29 is 19.1 Å². The lowest BCUT2D eigenvalue weighted by Gasteiger charge is -2.28. The summed E-state index contributed by atoms with van der Waals surface area (Å²) in [5, 5.41) is 5.50. The van der Waals surface area contributed by atoms with E-state index >= 15 is 0 Å². The van der Waals surface area contributed by atoms with Gasteiger partial charge in [-0.25, -0.2) is 0 Å². The van der Waals surface area contributed by atoms with E-state index in [0.29, 0.717) is 17.9 Å². The van der Waals surface area contributed by atoms with Crippen LogP contribution in [0.25, 0.3) is 10.8 Å². The number of benzene rings is 3. The van der Waals surface area contributed by atoms with Crippen molar-refractivity contribution in [2.45, 2.75) is 25.8 Å². The minimum absolute atomic E-state index is 0.107. The summed E-state index contributed by atoms with van der Waals surface area (Å²) in [6.45, 7) is 1.74. The Hall–Kier alpha value is -3.34. The van der Waals surface area contributed by atoms with Crippen LogP contribution >= 0.6 is 0 Å². The van der Waals surface area contributed by atoms with Gasteiger partial charge >= 0.3 is 5.97 Å². The predicted octanol–water partition coefficient (Wildman–Crippen LogP) is 4.90. The van der Waals surface area contributed by atoms with Gasteiger partial charge in [0.25, 0.3) is 0 Å². The van der Waals surface area contributed by atoms with Gasteiger partial charge < -0.3 is 14.8 Å². The second kappa shape index (κ2) is 7.35. The summed E-state index contributed by atoms with van der Waals surface area (Å²) in [7, 11) is 1.53. The number of Topliss-reactive ketones (excluding diaryl/α,β-unsaturated/α-hetero) is 1. The van der Waals surface area contributed by atoms with Gasteiger partial charge in [-0.3, -0.25) is 9.59 Å². The van der Waals surface area contributed by atoms with Crippen molar-refractivity contribution in [3.63, 3.8) is 0 Å². The summed E-state index contributed by atoms with van der Waals surface area (Å²) >= 11 is 0. The molecule has 0 bridgehead atoms. The molecule has 5 nitrogen and oxygen atoms in total. The summed E-state index contributed by atoms with van der Waals surface area (Å²) in [4.78, 5) is 24.5. The maximum atomic E-state index is 12.9. The van der Waals surface area contributed by atoms with Crippen LogP contribution in [0.2, 0.25) is 0 Å². The second-order valence-electron chi connectivity index (χ2n) is 6.77. The molecule has 1 aliphatic heterocycles. The van der Waals surface area contributed by atoms with Crippen molar-refractivity contribution in [1.29, 1.82) is 0 Å². The second-order valence-corrected chi connectivity index (χ2v) is 6.77. The molecule has 28 heavy (non-hydrogen) atoms. The van der Waals surface area contributed by atoms with Crippen LogP contribution in [-0.4, -0.2) is 18.9 Å². The predicted molar refractivity (Wildman–Crippen MR) is 108 cm³/mol. The van der Waals surface area contributed by atoms with E-state index in [1.54, 1.807) is 13.0 Å². The zero-order valence-electron chi connectivity index (χ0n) is 15.8. The van der Waals surface area contributed by atoms with E-state index in [1.807, 2.05) is 48.5 Å². The molecular formula is C23H21NO4. The fourth-order valence-corrected chi connectivity index (χ4v) is 3.60. The Morgan fingerprint density at radius 2 is 1.93 bits per heavy atom. The average molecular weight is 375 g/mol. The largest absolute Gasteiger partial charge is 0.493 e. The van der Waals surface area contributed by atoms with Crippen LogP contribution in [0.4, 0.5) is 5.69 Å². The van der Waals surface area contributed by atoms with Gasteiger partial charge in [0.2, 0.25) is 0 Å². The van der Waals surface area contributed by atoms with E-state index in [-0.39, 0.29) is 24.2 Å². The van der Waals surface area contributed by atoms with Crippen molar-refractivity contribution >= 4 is 28.2 Å². The quantitative estimate of drug-likeness (QED) is 0.519. The molecule has 0 amide bonds. The van der Waals surface area contributed by atoms with Crippen molar-refractivity contribution in [1.82, 2.24) is 0 Å². The van der Waals surface area contributed by atoms with E-state index in [2.05, 4.69) is 5.32 Å². The molecule has 1 N–H and O–H groups in total. The Bertz CT molecular complexity index is 1070. The van der Waals surface area contributed by atoms with Crippen LogP contribution in [-0.2, 0) is 4.79 Å². The number of nitrogens with one attached hydrogen (secondary N) is 1. The van der Waals surface area contributed by atoms with Gasteiger partial charge in [0.05, 0.1) is 13.2 Å².